The lowest BCUT2D eigenvalue weighted by Crippen LogP contribution is -2.38. The van der Waals surface area contributed by atoms with Crippen LogP contribution < -0.4 is 19.5 Å². The maximum Gasteiger partial charge on any atom is 0.230 e. The highest BCUT2D eigenvalue weighted by molar-refractivity contribution is 5.88. The number of ether oxygens (including phenoxy) is 4. The Bertz CT molecular complexity index is 1350. The predicted octanol–water partition coefficient (Wildman–Crippen LogP) is 3.27. The number of aliphatic hydroxyl groups is 1. The van der Waals surface area contributed by atoms with E-state index in [0.29, 0.717) is 40.6 Å². The Hall–Kier alpha value is -3.44. The third kappa shape index (κ3) is 6.33. The van der Waals surface area contributed by atoms with Gasteiger partial charge in [-0.15, -0.1) is 0 Å². The smallest absolute Gasteiger partial charge is 0.230 e. The van der Waals surface area contributed by atoms with E-state index in [1.807, 2.05) is 24.4 Å². The van der Waals surface area contributed by atoms with Crippen LogP contribution in [0.3, 0.4) is 0 Å². The molecule has 2 aromatic heterocycles. The minimum absolute atomic E-state index is 0.128. The van der Waals surface area contributed by atoms with Crippen molar-refractivity contribution in [3.8, 4) is 23.1 Å². The van der Waals surface area contributed by atoms with Crippen LogP contribution in [0.5, 0.6) is 23.1 Å². The van der Waals surface area contributed by atoms with Gasteiger partial charge in [-0.3, -0.25) is 4.90 Å². The zero-order valence-corrected chi connectivity index (χ0v) is 21.9. The zero-order valence-electron chi connectivity index (χ0n) is 21.9. The molecule has 4 aromatic rings. The molecule has 5 rings (SSSR count). The van der Waals surface area contributed by atoms with Crippen LogP contribution in [-0.4, -0.2) is 90.7 Å². The molecule has 3 N–H and O–H groups in total. The second-order valence-electron chi connectivity index (χ2n) is 9.46. The Labute approximate surface area is 221 Å². The second-order valence-corrected chi connectivity index (χ2v) is 9.46. The number of nitrogens with one attached hydrogen (secondary N) is 2. The van der Waals surface area contributed by atoms with E-state index < -0.39 is 6.10 Å². The molecule has 10 heteroatoms. The molecule has 0 bridgehead atoms. The average Bonchev–Trinajstić information content (AvgIpc) is 3.31. The zero-order chi connectivity index (χ0) is 26.3. The van der Waals surface area contributed by atoms with E-state index in [1.54, 1.807) is 19.2 Å². The lowest BCUT2D eigenvalue weighted by atomic mass is 10.2. The fourth-order valence-electron chi connectivity index (χ4n) is 4.57. The van der Waals surface area contributed by atoms with Crippen LogP contribution in [0.15, 0.2) is 42.9 Å². The van der Waals surface area contributed by atoms with Gasteiger partial charge in [0.1, 0.15) is 24.8 Å². The summed E-state index contributed by atoms with van der Waals surface area (Å²) in [6.45, 7) is 8.10. The Balaban J connectivity index is 1.18. The van der Waals surface area contributed by atoms with Crippen molar-refractivity contribution >= 4 is 21.8 Å². The summed E-state index contributed by atoms with van der Waals surface area (Å²) in [7, 11) is 1.58. The lowest BCUT2D eigenvalue weighted by Gasteiger charge is -2.26. The van der Waals surface area contributed by atoms with E-state index >= 15 is 0 Å². The topological polar surface area (TPSA) is 114 Å². The largest absolute Gasteiger partial charge is 0.493 e. The number of fused-ring (bicyclic) bond motifs is 2. The average molecular weight is 522 g/mol. The molecule has 3 heterocycles. The van der Waals surface area contributed by atoms with Crippen molar-refractivity contribution in [1.29, 1.82) is 0 Å². The molecule has 2 aromatic carbocycles. The van der Waals surface area contributed by atoms with E-state index in [4.69, 9.17) is 18.9 Å². The molecule has 0 saturated carbocycles. The third-order valence-corrected chi connectivity index (χ3v) is 6.70. The summed E-state index contributed by atoms with van der Waals surface area (Å²) < 4.78 is 23.0. The van der Waals surface area contributed by atoms with Crippen LogP contribution >= 0.6 is 0 Å². The first kappa shape index (κ1) is 26.2. The number of H-pyrrole nitrogens is 1. The van der Waals surface area contributed by atoms with Gasteiger partial charge in [0.05, 0.1) is 31.2 Å². The molecule has 0 unspecified atom stereocenters. The molecular formula is C28H35N5O5. The molecule has 1 aliphatic heterocycles. The summed E-state index contributed by atoms with van der Waals surface area (Å²) in [4.78, 5) is 14.4. The number of rotatable bonds is 12. The molecule has 0 radical (unpaired) electrons. The molecule has 0 amide bonds. The Morgan fingerprint density at radius 1 is 1.13 bits per heavy atom. The molecule has 0 spiro atoms. The highest BCUT2D eigenvalue weighted by Crippen LogP contribution is 2.36. The van der Waals surface area contributed by atoms with Gasteiger partial charge in [-0.25, -0.2) is 9.97 Å². The van der Waals surface area contributed by atoms with Gasteiger partial charge in [0.2, 0.25) is 5.88 Å². The third-order valence-electron chi connectivity index (χ3n) is 6.70. The van der Waals surface area contributed by atoms with E-state index in [9.17, 15) is 5.11 Å². The van der Waals surface area contributed by atoms with E-state index in [2.05, 4.69) is 32.1 Å². The molecule has 1 atom stereocenters. The van der Waals surface area contributed by atoms with Crippen molar-refractivity contribution < 1.29 is 24.1 Å². The Morgan fingerprint density at radius 3 is 2.84 bits per heavy atom. The number of hydrogen-bond acceptors (Lipinski definition) is 9. The van der Waals surface area contributed by atoms with Crippen LogP contribution in [-0.2, 0) is 4.74 Å². The van der Waals surface area contributed by atoms with Crippen LogP contribution in [0.1, 0.15) is 12.0 Å². The van der Waals surface area contributed by atoms with Crippen molar-refractivity contribution in [2.75, 3.05) is 59.7 Å². The summed E-state index contributed by atoms with van der Waals surface area (Å²) in [5.74, 6) is 2.12. The number of methoxy groups -OCH3 is 1. The van der Waals surface area contributed by atoms with Gasteiger partial charge in [-0.05, 0) is 56.3 Å². The normalized spacial score (nSPS) is 15.1. The van der Waals surface area contributed by atoms with Gasteiger partial charge < -0.3 is 34.4 Å². The highest BCUT2D eigenvalue weighted by atomic mass is 16.5. The van der Waals surface area contributed by atoms with Crippen molar-refractivity contribution in [3.63, 3.8) is 0 Å². The second kappa shape index (κ2) is 12.4. The van der Waals surface area contributed by atoms with Gasteiger partial charge in [0.25, 0.3) is 0 Å². The van der Waals surface area contributed by atoms with Crippen LogP contribution in [0.4, 0.5) is 0 Å². The molecule has 1 saturated heterocycles. The highest BCUT2D eigenvalue weighted by Gasteiger charge is 2.15. The molecule has 0 aliphatic carbocycles. The fraction of sp³-hybridized carbons (Fsp3) is 0.429. The van der Waals surface area contributed by atoms with Crippen LogP contribution in [0.2, 0.25) is 0 Å². The SMILES string of the molecule is COc1cc2c(Oc3ccc4[nH]cc(C)c4c3)ncnc2cc1OC[C@H](O)CNCCCN1CCOCC1. The summed E-state index contributed by atoms with van der Waals surface area (Å²) in [6, 6.07) is 9.46. The van der Waals surface area contributed by atoms with Crippen LogP contribution in [0.25, 0.3) is 21.8 Å². The number of benzene rings is 2. The summed E-state index contributed by atoms with van der Waals surface area (Å²) in [6.07, 6.45) is 3.80. The minimum Gasteiger partial charge on any atom is -0.493 e. The number of aromatic amines is 1. The summed E-state index contributed by atoms with van der Waals surface area (Å²) in [5.41, 5.74) is 2.85. The Morgan fingerprint density at radius 2 is 2.00 bits per heavy atom. The van der Waals surface area contributed by atoms with Crippen molar-refractivity contribution in [3.05, 3.63) is 48.4 Å². The maximum atomic E-state index is 10.4. The number of aliphatic hydroxyl groups excluding tert-OH is 1. The number of hydrogen-bond donors (Lipinski definition) is 3. The molecule has 202 valence electrons. The first-order chi connectivity index (χ1) is 18.6. The number of aryl methyl sites for hydroxylation is 1. The van der Waals surface area contributed by atoms with Crippen molar-refractivity contribution in [2.45, 2.75) is 19.4 Å². The molecule has 1 aliphatic rings. The lowest BCUT2D eigenvalue weighted by molar-refractivity contribution is 0.0372. The standard InChI is InChI=1S/C28H35N5O5/c1-19-15-30-24-5-4-21(12-22(19)24)38-28-23-13-26(35-2)27(14-25(23)31-18-32-28)37-17-20(34)16-29-6-3-7-33-8-10-36-11-9-33/h4-5,12-15,18,20,29-30,34H,3,6-11,16-17H2,1-2H3/t20-/m1/s1. The van der Waals surface area contributed by atoms with E-state index in [1.165, 1.54) is 6.33 Å². The molecular weight excluding hydrogens is 486 g/mol. The number of aromatic nitrogens is 3. The first-order valence-electron chi connectivity index (χ1n) is 13.0. The van der Waals surface area contributed by atoms with Gasteiger partial charge in [0, 0.05) is 42.8 Å². The molecule has 1 fully saturated rings. The van der Waals surface area contributed by atoms with Gasteiger partial charge in [-0.1, -0.05) is 0 Å². The minimum atomic E-state index is -0.658. The van der Waals surface area contributed by atoms with Gasteiger partial charge in [-0.2, -0.15) is 0 Å². The summed E-state index contributed by atoms with van der Waals surface area (Å²) >= 11 is 0. The van der Waals surface area contributed by atoms with Crippen molar-refractivity contribution in [1.82, 2.24) is 25.2 Å². The fourth-order valence-corrected chi connectivity index (χ4v) is 4.57. The quantitative estimate of drug-likeness (QED) is 0.242. The summed E-state index contributed by atoms with van der Waals surface area (Å²) in [5, 5.41) is 15.5. The van der Waals surface area contributed by atoms with E-state index in [0.717, 1.165) is 62.3 Å². The monoisotopic (exact) mass is 521 g/mol. The number of morpholine rings is 1. The van der Waals surface area contributed by atoms with E-state index in [-0.39, 0.29) is 6.61 Å². The maximum absolute atomic E-state index is 10.4. The van der Waals surface area contributed by atoms with Crippen molar-refractivity contribution in [2.24, 2.45) is 0 Å². The van der Waals surface area contributed by atoms with Gasteiger partial charge in [0.15, 0.2) is 11.5 Å². The predicted molar refractivity (Wildman–Crippen MR) is 145 cm³/mol. The van der Waals surface area contributed by atoms with Gasteiger partial charge >= 0.3 is 0 Å². The molecule has 10 nitrogen and oxygen atoms in total. The Kier molecular flexibility index (Phi) is 8.54. The first-order valence-corrected chi connectivity index (χ1v) is 13.0. The van der Waals surface area contributed by atoms with Crippen LogP contribution in [0, 0.1) is 6.92 Å². The molecule has 38 heavy (non-hydrogen) atoms. The number of nitrogens with zero attached hydrogens (tertiary/aromatic N) is 3.